The standard InChI is InChI=1S/C23H16BrN3O3S2/c24-14-8-6-13(7-9-14)17(28)11-30-23(29)16-4-2-10-25-20(16)32-22-19-15-3-1-5-18(15)31-21(19)26-12-27-22/h2,4,6-10,12H,1,3,5,11H2. The molecule has 0 saturated heterocycles. The monoisotopic (exact) mass is 525 g/mol. The first kappa shape index (κ1) is 21.2. The van der Waals surface area contributed by atoms with Crippen LogP contribution in [-0.2, 0) is 17.6 Å². The van der Waals surface area contributed by atoms with Crippen LogP contribution in [0.1, 0.15) is 37.6 Å². The van der Waals surface area contributed by atoms with Crippen molar-refractivity contribution < 1.29 is 14.3 Å². The minimum absolute atomic E-state index is 0.268. The molecule has 3 aromatic heterocycles. The molecule has 1 aliphatic rings. The molecule has 1 aromatic carbocycles. The van der Waals surface area contributed by atoms with Gasteiger partial charge in [-0.15, -0.1) is 11.3 Å². The van der Waals surface area contributed by atoms with Gasteiger partial charge in [-0.1, -0.05) is 28.1 Å². The second kappa shape index (κ2) is 9.09. The lowest BCUT2D eigenvalue weighted by Crippen LogP contribution is -2.15. The number of fused-ring (bicyclic) bond motifs is 3. The van der Waals surface area contributed by atoms with Crippen molar-refractivity contribution in [3.8, 4) is 0 Å². The average Bonchev–Trinajstić information content (AvgIpc) is 3.40. The summed E-state index contributed by atoms with van der Waals surface area (Å²) >= 11 is 6.38. The van der Waals surface area contributed by atoms with Gasteiger partial charge in [0.25, 0.3) is 0 Å². The number of hydrogen-bond acceptors (Lipinski definition) is 8. The number of pyridine rings is 1. The van der Waals surface area contributed by atoms with Gasteiger partial charge in [0.15, 0.2) is 12.4 Å². The third-order valence-electron chi connectivity index (χ3n) is 5.15. The molecule has 0 spiro atoms. The number of rotatable bonds is 6. The normalized spacial score (nSPS) is 12.7. The van der Waals surface area contributed by atoms with Gasteiger partial charge in [0.2, 0.25) is 0 Å². The largest absolute Gasteiger partial charge is 0.454 e. The van der Waals surface area contributed by atoms with Crippen LogP contribution in [0.25, 0.3) is 10.2 Å². The van der Waals surface area contributed by atoms with Crippen LogP contribution in [0.5, 0.6) is 0 Å². The van der Waals surface area contributed by atoms with Gasteiger partial charge >= 0.3 is 5.97 Å². The molecule has 0 saturated carbocycles. The number of nitrogens with zero attached hydrogens (tertiary/aromatic N) is 3. The summed E-state index contributed by atoms with van der Waals surface area (Å²) in [4.78, 5) is 40.8. The summed E-state index contributed by atoms with van der Waals surface area (Å²) in [6.07, 6.45) is 6.42. The van der Waals surface area contributed by atoms with Crippen molar-refractivity contribution in [3.63, 3.8) is 0 Å². The number of carbonyl (C=O) groups is 2. The molecular formula is C23H16BrN3O3S2. The molecule has 0 radical (unpaired) electrons. The Hall–Kier alpha value is -2.62. The van der Waals surface area contributed by atoms with Crippen LogP contribution in [-0.4, -0.2) is 33.3 Å². The summed E-state index contributed by atoms with van der Waals surface area (Å²) in [5, 5.41) is 2.34. The first-order valence-corrected chi connectivity index (χ1v) is 12.4. The molecule has 9 heteroatoms. The third kappa shape index (κ3) is 4.20. The first-order valence-electron chi connectivity index (χ1n) is 9.94. The second-order valence-corrected chi connectivity index (χ2v) is 10.2. The van der Waals surface area contributed by atoms with Gasteiger partial charge < -0.3 is 4.74 Å². The lowest BCUT2D eigenvalue weighted by atomic mass is 10.1. The lowest BCUT2D eigenvalue weighted by molar-refractivity contribution is 0.0470. The molecular weight excluding hydrogens is 510 g/mol. The van der Waals surface area contributed by atoms with Gasteiger partial charge in [-0.05, 0) is 60.9 Å². The Morgan fingerprint density at radius 2 is 1.91 bits per heavy atom. The summed E-state index contributed by atoms with van der Waals surface area (Å²) < 4.78 is 6.19. The number of aromatic nitrogens is 3. The molecule has 32 heavy (non-hydrogen) atoms. The van der Waals surface area contributed by atoms with E-state index in [1.165, 1.54) is 22.2 Å². The zero-order valence-electron chi connectivity index (χ0n) is 16.7. The highest BCUT2D eigenvalue weighted by Crippen LogP contribution is 2.41. The van der Waals surface area contributed by atoms with Crippen LogP contribution in [0, 0.1) is 0 Å². The molecule has 0 amide bonds. The van der Waals surface area contributed by atoms with Crippen molar-refractivity contribution in [1.29, 1.82) is 0 Å². The number of hydrogen-bond donors (Lipinski definition) is 0. The summed E-state index contributed by atoms with van der Waals surface area (Å²) in [6.45, 7) is -0.338. The fourth-order valence-electron chi connectivity index (χ4n) is 3.62. The summed E-state index contributed by atoms with van der Waals surface area (Å²) in [5.74, 6) is -0.859. The molecule has 0 N–H and O–H groups in total. The van der Waals surface area contributed by atoms with Crippen LogP contribution in [0.4, 0.5) is 0 Å². The van der Waals surface area contributed by atoms with E-state index in [1.54, 1.807) is 60.3 Å². The molecule has 160 valence electrons. The van der Waals surface area contributed by atoms with E-state index in [0.29, 0.717) is 16.2 Å². The van der Waals surface area contributed by atoms with E-state index < -0.39 is 5.97 Å². The quantitative estimate of drug-likeness (QED) is 0.186. The zero-order valence-corrected chi connectivity index (χ0v) is 19.9. The molecule has 0 bridgehead atoms. The number of carbonyl (C=O) groups excluding carboxylic acids is 2. The van der Waals surface area contributed by atoms with E-state index in [0.717, 1.165) is 39.0 Å². The summed E-state index contributed by atoms with van der Waals surface area (Å²) in [6, 6.07) is 10.2. The third-order valence-corrected chi connectivity index (χ3v) is 7.90. The molecule has 3 heterocycles. The second-order valence-electron chi connectivity index (χ2n) is 7.18. The molecule has 0 unspecified atom stereocenters. The highest BCUT2D eigenvalue weighted by Gasteiger charge is 2.23. The predicted octanol–water partition coefficient (Wildman–Crippen LogP) is 5.53. The number of halogens is 1. The van der Waals surface area contributed by atoms with Crippen molar-refractivity contribution >= 4 is 61.0 Å². The highest BCUT2D eigenvalue weighted by molar-refractivity contribution is 9.10. The van der Waals surface area contributed by atoms with Crippen molar-refractivity contribution in [1.82, 2.24) is 15.0 Å². The molecule has 5 rings (SSSR count). The van der Waals surface area contributed by atoms with E-state index >= 15 is 0 Å². The Labute approximate surface area is 200 Å². The van der Waals surface area contributed by atoms with Gasteiger partial charge in [0, 0.05) is 26.5 Å². The van der Waals surface area contributed by atoms with Crippen molar-refractivity contribution in [2.24, 2.45) is 0 Å². The van der Waals surface area contributed by atoms with E-state index in [2.05, 4.69) is 30.9 Å². The van der Waals surface area contributed by atoms with Gasteiger partial charge in [-0.2, -0.15) is 0 Å². The van der Waals surface area contributed by atoms with E-state index in [-0.39, 0.29) is 12.4 Å². The van der Waals surface area contributed by atoms with Crippen LogP contribution in [0.3, 0.4) is 0 Å². The van der Waals surface area contributed by atoms with Crippen LogP contribution >= 0.6 is 39.0 Å². The maximum atomic E-state index is 12.8. The molecule has 0 aliphatic heterocycles. The van der Waals surface area contributed by atoms with Crippen molar-refractivity contribution in [3.05, 3.63) is 75.0 Å². The number of ketones is 1. The Morgan fingerprint density at radius 1 is 1.06 bits per heavy atom. The number of aryl methyl sites for hydroxylation is 2. The van der Waals surface area contributed by atoms with Crippen LogP contribution in [0.15, 0.2) is 63.4 Å². The number of thiophene rings is 1. The van der Waals surface area contributed by atoms with Gasteiger partial charge in [0.1, 0.15) is 21.2 Å². The minimum atomic E-state index is -0.591. The fraction of sp³-hybridized carbons (Fsp3) is 0.174. The fourth-order valence-corrected chi connectivity index (χ4v) is 6.16. The topological polar surface area (TPSA) is 82.0 Å². The Bertz CT molecular complexity index is 1340. The lowest BCUT2D eigenvalue weighted by Gasteiger charge is -2.09. The summed E-state index contributed by atoms with van der Waals surface area (Å²) in [7, 11) is 0. The van der Waals surface area contributed by atoms with Crippen molar-refractivity contribution in [2.75, 3.05) is 6.61 Å². The summed E-state index contributed by atoms with van der Waals surface area (Å²) in [5.41, 5.74) is 2.10. The zero-order chi connectivity index (χ0) is 22.1. The maximum Gasteiger partial charge on any atom is 0.341 e. The molecule has 4 aromatic rings. The predicted molar refractivity (Wildman–Crippen MR) is 127 cm³/mol. The van der Waals surface area contributed by atoms with E-state index in [4.69, 9.17) is 4.74 Å². The van der Waals surface area contributed by atoms with E-state index in [1.807, 2.05) is 0 Å². The highest BCUT2D eigenvalue weighted by atomic mass is 79.9. The number of Topliss-reactive ketones (excluding diaryl/α,β-unsaturated/α-hetero) is 1. The average molecular weight is 526 g/mol. The Morgan fingerprint density at radius 3 is 2.75 bits per heavy atom. The minimum Gasteiger partial charge on any atom is -0.454 e. The van der Waals surface area contributed by atoms with Crippen LogP contribution in [0.2, 0.25) is 0 Å². The number of ether oxygens (including phenoxy) is 1. The van der Waals surface area contributed by atoms with Crippen molar-refractivity contribution in [2.45, 2.75) is 29.3 Å². The van der Waals surface area contributed by atoms with E-state index in [9.17, 15) is 9.59 Å². The SMILES string of the molecule is O=C(COC(=O)c1cccnc1Sc1ncnc2sc3c(c12)CCC3)c1ccc(Br)cc1. The smallest absolute Gasteiger partial charge is 0.341 e. The van der Waals surface area contributed by atoms with Crippen LogP contribution < -0.4 is 0 Å². The first-order chi connectivity index (χ1) is 15.6. The number of esters is 1. The maximum absolute atomic E-state index is 12.8. The Balaban J connectivity index is 1.37. The molecule has 0 fully saturated rings. The molecule has 6 nitrogen and oxygen atoms in total. The molecule has 1 aliphatic carbocycles. The molecule has 0 atom stereocenters. The van der Waals surface area contributed by atoms with Gasteiger partial charge in [-0.25, -0.2) is 19.7 Å². The Kier molecular flexibility index (Phi) is 6.03. The number of benzene rings is 1. The van der Waals surface area contributed by atoms with Gasteiger partial charge in [0.05, 0.1) is 5.56 Å². The van der Waals surface area contributed by atoms with Gasteiger partial charge in [-0.3, -0.25) is 4.79 Å².